The fourth-order valence-corrected chi connectivity index (χ4v) is 1.91. The Kier molecular flexibility index (Phi) is 2.45. The number of anilines is 1. The monoisotopic (exact) mass is 208 g/mol. The van der Waals surface area contributed by atoms with E-state index in [1.807, 2.05) is 6.07 Å². The average molecular weight is 208 g/mol. The van der Waals surface area contributed by atoms with Crippen LogP contribution in [0.15, 0.2) is 30.3 Å². The van der Waals surface area contributed by atoms with E-state index in [2.05, 4.69) is 4.37 Å². The van der Waals surface area contributed by atoms with Crippen LogP contribution in [0.2, 0.25) is 0 Å². The number of rotatable bonds is 2. The summed E-state index contributed by atoms with van der Waals surface area (Å²) in [4.78, 5) is 0.979. The van der Waals surface area contributed by atoms with Gasteiger partial charge in [-0.25, -0.2) is 4.39 Å². The number of nitrogens with zero attached hydrogens (tertiary/aromatic N) is 1. The van der Waals surface area contributed by atoms with Crippen LogP contribution in [-0.4, -0.2) is 4.37 Å². The molecule has 0 unspecified atom stereocenters. The van der Waals surface area contributed by atoms with Crippen molar-refractivity contribution in [1.29, 1.82) is 0 Å². The molecular weight excluding hydrogens is 199 g/mol. The molecule has 0 aliphatic rings. The Balaban J connectivity index is 2.23. The van der Waals surface area contributed by atoms with Gasteiger partial charge in [-0.1, -0.05) is 18.2 Å². The summed E-state index contributed by atoms with van der Waals surface area (Å²) < 4.78 is 17.2. The maximum absolute atomic E-state index is 13.2. The zero-order chi connectivity index (χ0) is 9.97. The van der Waals surface area contributed by atoms with Crippen LogP contribution in [0, 0.1) is 5.82 Å². The van der Waals surface area contributed by atoms with Gasteiger partial charge in [0.2, 0.25) is 0 Å². The lowest BCUT2D eigenvalue weighted by Gasteiger charge is -1.98. The van der Waals surface area contributed by atoms with Gasteiger partial charge in [-0.15, -0.1) is 0 Å². The van der Waals surface area contributed by atoms with Crippen molar-refractivity contribution >= 4 is 17.4 Å². The molecule has 72 valence electrons. The fraction of sp³-hybridized carbons (Fsp3) is 0.100. The van der Waals surface area contributed by atoms with Crippen LogP contribution in [-0.2, 0) is 6.42 Å². The van der Waals surface area contributed by atoms with Crippen LogP contribution in [0.3, 0.4) is 0 Å². The molecule has 1 aromatic heterocycles. The standard InChI is InChI=1S/C10H9FN2S/c11-9-4-2-1-3-7(9)5-8-6-10(12)13-14-8/h1-4,6H,5H2,(H2,12,13). The van der Waals surface area contributed by atoms with Crippen molar-refractivity contribution in [2.24, 2.45) is 0 Å². The van der Waals surface area contributed by atoms with Gasteiger partial charge in [-0.05, 0) is 29.2 Å². The summed E-state index contributed by atoms with van der Waals surface area (Å²) >= 11 is 1.31. The number of aromatic nitrogens is 1. The SMILES string of the molecule is Nc1cc(Cc2ccccc2F)sn1. The van der Waals surface area contributed by atoms with Gasteiger partial charge >= 0.3 is 0 Å². The first kappa shape index (κ1) is 9.15. The predicted octanol–water partition coefficient (Wildman–Crippen LogP) is 2.46. The summed E-state index contributed by atoms with van der Waals surface area (Å²) in [6.07, 6.45) is 0.557. The number of nitrogen functional groups attached to an aromatic ring is 1. The largest absolute Gasteiger partial charge is 0.383 e. The van der Waals surface area contributed by atoms with Crippen molar-refractivity contribution in [3.8, 4) is 0 Å². The van der Waals surface area contributed by atoms with Crippen LogP contribution >= 0.6 is 11.5 Å². The Bertz CT molecular complexity index is 439. The summed E-state index contributed by atoms with van der Waals surface area (Å²) in [5, 5.41) is 0. The Morgan fingerprint density at radius 3 is 2.79 bits per heavy atom. The van der Waals surface area contributed by atoms with Crippen LogP contribution in [0.5, 0.6) is 0 Å². The number of halogens is 1. The molecule has 0 atom stereocenters. The minimum atomic E-state index is -0.181. The summed E-state index contributed by atoms with van der Waals surface area (Å²) in [6, 6.07) is 8.50. The smallest absolute Gasteiger partial charge is 0.137 e. The van der Waals surface area contributed by atoms with Crippen molar-refractivity contribution in [1.82, 2.24) is 4.37 Å². The van der Waals surface area contributed by atoms with Crippen molar-refractivity contribution < 1.29 is 4.39 Å². The fourth-order valence-electron chi connectivity index (χ4n) is 1.24. The Morgan fingerprint density at radius 2 is 2.14 bits per heavy atom. The van der Waals surface area contributed by atoms with Gasteiger partial charge in [-0.3, -0.25) is 0 Å². The number of hydrogen-bond donors (Lipinski definition) is 1. The predicted molar refractivity (Wildman–Crippen MR) is 55.7 cm³/mol. The van der Waals surface area contributed by atoms with Crippen molar-refractivity contribution in [3.63, 3.8) is 0 Å². The zero-order valence-corrected chi connectivity index (χ0v) is 8.22. The highest BCUT2D eigenvalue weighted by atomic mass is 32.1. The van der Waals surface area contributed by atoms with E-state index in [0.29, 0.717) is 17.8 Å². The van der Waals surface area contributed by atoms with E-state index in [4.69, 9.17) is 5.73 Å². The summed E-state index contributed by atoms with van der Waals surface area (Å²) in [5.41, 5.74) is 6.15. The maximum atomic E-state index is 13.2. The first-order chi connectivity index (χ1) is 6.75. The first-order valence-electron chi connectivity index (χ1n) is 4.20. The second-order valence-corrected chi connectivity index (χ2v) is 3.88. The van der Waals surface area contributed by atoms with E-state index in [1.54, 1.807) is 18.2 Å². The summed E-state index contributed by atoms with van der Waals surface area (Å²) in [5.74, 6) is 0.320. The molecule has 0 radical (unpaired) electrons. The van der Waals surface area contributed by atoms with Crippen LogP contribution in [0.4, 0.5) is 10.2 Å². The van der Waals surface area contributed by atoms with E-state index >= 15 is 0 Å². The Labute approximate surface area is 85.4 Å². The molecule has 0 aliphatic carbocycles. The van der Waals surface area contributed by atoms with Gasteiger partial charge in [0, 0.05) is 11.3 Å². The topological polar surface area (TPSA) is 38.9 Å². The number of benzene rings is 1. The second-order valence-electron chi connectivity index (χ2n) is 2.99. The van der Waals surface area contributed by atoms with E-state index in [-0.39, 0.29) is 5.82 Å². The summed E-state index contributed by atoms with van der Waals surface area (Å²) in [6.45, 7) is 0. The molecule has 0 spiro atoms. The second kappa shape index (κ2) is 3.75. The molecule has 2 N–H and O–H groups in total. The molecule has 0 saturated carbocycles. The molecule has 0 bridgehead atoms. The van der Waals surface area contributed by atoms with E-state index in [1.165, 1.54) is 17.6 Å². The highest BCUT2D eigenvalue weighted by Crippen LogP contribution is 2.18. The molecule has 1 heterocycles. The minimum Gasteiger partial charge on any atom is -0.383 e. The Hall–Kier alpha value is -1.42. The first-order valence-corrected chi connectivity index (χ1v) is 4.97. The third-order valence-electron chi connectivity index (χ3n) is 1.90. The lowest BCUT2D eigenvalue weighted by Crippen LogP contribution is -1.89. The molecule has 0 saturated heterocycles. The normalized spacial score (nSPS) is 10.4. The minimum absolute atomic E-state index is 0.181. The van der Waals surface area contributed by atoms with Crippen molar-refractivity contribution in [2.45, 2.75) is 6.42 Å². The molecule has 2 aromatic rings. The Morgan fingerprint density at radius 1 is 1.36 bits per heavy atom. The van der Waals surface area contributed by atoms with Gasteiger partial charge in [0.1, 0.15) is 11.6 Å². The zero-order valence-electron chi connectivity index (χ0n) is 7.40. The number of nitrogens with two attached hydrogens (primary N) is 1. The highest BCUT2D eigenvalue weighted by molar-refractivity contribution is 7.06. The van der Waals surface area contributed by atoms with Crippen LogP contribution < -0.4 is 5.73 Å². The molecule has 0 aliphatic heterocycles. The summed E-state index contributed by atoms with van der Waals surface area (Å²) in [7, 11) is 0. The molecule has 4 heteroatoms. The van der Waals surface area contributed by atoms with Gasteiger partial charge in [0.05, 0.1) is 0 Å². The van der Waals surface area contributed by atoms with Crippen molar-refractivity contribution in [3.05, 3.63) is 46.6 Å². The van der Waals surface area contributed by atoms with Gasteiger partial charge < -0.3 is 5.73 Å². The van der Waals surface area contributed by atoms with Gasteiger partial charge in [0.15, 0.2) is 0 Å². The third-order valence-corrected chi connectivity index (χ3v) is 2.70. The lowest BCUT2D eigenvalue weighted by atomic mass is 10.1. The van der Waals surface area contributed by atoms with Crippen LogP contribution in [0.25, 0.3) is 0 Å². The molecule has 0 fully saturated rings. The molecule has 2 nitrogen and oxygen atoms in total. The van der Waals surface area contributed by atoms with E-state index in [0.717, 1.165) is 4.88 Å². The van der Waals surface area contributed by atoms with Gasteiger partial charge in [0.25, 0.3) is 0 Å². The molecule has 14 heavy (non-hydrogen) atoms. The highest BCUT2D eigenvalue weighted by Gasteiger charge is 2.04. The average Bonchev–Trinajstić information content (AvgIpc) is 2.56. The third kappa shape index (κ3) is 1.90. The van der Waals surface area contributed by atoms with E-state index in [9.17, 15) is 4.39 Å². The lowest BCUT2D eigenvalue weighted by molar-refractivity contribution is 0.614. The molecule has 1 aromatic carbocycles. The molecule has 0 amide bonds. The molecule has 2 rings (SSSR count). The van der Waals surface area contributed by atoms with Crippen LogP contribution in [0.1, 0.15) is 10.4 Å². The van der Waals surface area contributed by atoms with E-state index < -0.39 is 0 Å². The quantitative estimate of drug-likeness (QED) is 0.823. The van der Waals surface area contributed by atoms with Crippen molar-refractivity contribution in [2.75, 3.05) is 5.73 Å². The maximum Gasteiger partial charge on any atom is 0.137 e. The number of hydrogen-bond acceptors (Lipinski definition) is 3. The molecular formula is C10H9FN2S. The van der Waals surface area contributed by atoms with Gasteiger partial charge in [-0.2, -0.15) is 4.37 Å².